The number of carbonyl (C=O) groups excluding carboxylic acids is 1. The number of benzene rings is 2. The fraction of sp³-hybridized carbons (Fsp3) is 0. The topological polar surface area (TPSA) is 95.5 Å². The first-order chi connectivity index (χ1) is 9.48. The molecule has 3 N–H and O–H groups in total. The number of hydrogen-bond donors (Lipinski definition) is 3. The van der Waals surface area contributed by atoms with Crippen LogP contribution in [0.5, 0.6) is 0 Å². The van der Waals surface area contributed by atoms with Gasteiger partial charge >= 0.3 is 29.6 Å². The van der Waals surface area contributed by atoms with Gasteiger partial charge in [0.15, 0.2) is 0 Å². The predicted octanol–water partition coefficient (Wildman–Crippen LogP) is -1.19. The Morgan fingerprint density at radius 2 is 1.57 bits per heavy atom. The summed E-state index contributed by atoms with van der Waals surface area (Å²) in [6.45, 7) is 0. The molecule has 6 nitrogen and oxygen atoms in total. The third-order valence-electron chi connectivity index (χ3n) is 2.51. The predicted molar refractivity (Wildman–Crippen MR) is 74.9 cm³/mol. The van der Waals surface area contributed by atoms with Crippen molar-refractivity contribution in [2.24, 2.45) is 0 Å². The number of para-hydroxylation sites is 1. The molecule has 0 aliphatic heterocycles. The largest absolute Gasteiger partial charge is 1.00 e. The monoisotopic (exact) mass is 316 g/mol. The van der Waals surface area contributed by atoms with Crippen molar-refractivity contribution in [1.29, 1.82) is 0 Å². The quantitative estimate of drug-likeness (QED) is 0.374. The van der Waals surface area contributed by atoms with Crippen LogP contribution >= 0.6 is 0 Å². The average molecular weight is 316 g/mol. The van der Waals surface area contributed by atoms with Gasteiger partial charge in [-0.2, -0.15) is 8.42 Å². The number of carbonyl (C=O) groups is 1. The second-order valence-electron chi connectivity index (χ2n) is 3.92. The molecular formula is C13H13N2NaO4S. The first-order valence-corrected chi connectivity index (χ1v) is 7.10. The first-order valence-electron chi connectivity index (χ1n) is 5.66. The molecule has 0 aliphatic rings. The zero-order valence-electron chi connectivity index (χ0n) is 12.3. The van der Waals surface area contributed by atoms with Gasteiger partial charge in [-0.15, -0.1) is 0 Å². The molecular weight excluding hydrogens is 303 g/mol. The fourth-order valence-electron chi connectivity index (χ4n) is 1.58. The number of hydrazine groups is 1. The standard InChI is InChI=1S/C13H12N2O4S.Na.H/c16-13(10-6-2-1-3-7-10)15-14-11-8-4-5-9-12(11)20(17,18)19;;/h1-9,14H,(H,15,16)(H,17,18,19);;/q;+1;-1. The van der Waals surface area contributed by atoms with Crippen LogP contribution in [0.25, 0.3) is 0 Å². The van der Waals surface area contributed by atoms with Gasteiger partial charge in [-0.3, -0.25) is 20.2 Å². The molecule has 1 amide bonds. The first kappa shape index (κ1) is 17.7. The molecule has 0 radical (unpaired) electrons. The van der Waals surface area contributed by atoms with Crippen LogP contribution in [-0.4, -0.2) is 18.9 Å². The summed E-state index contributed by atoms with van der Waals surface area (Å²) in [6.07, 6.45) is 0. The van der Waals surface area contributed by atoms with E-state index in [1.165, 1.54) is 18.2 Å². The van der Waals surface area contributed by atoms with E-state index in [0.29, 0.717) is 5.56 Å². The van der Waals surface area contributed by atoms with Crippen molar-refractivity contribution in [3.8, 4) is 0 Å². The van der Waals surface area contributed by atoms with Crippen LogP contribution in [0.1, 0.15) is 11.8 Å². The van der Waals surface area contributed by atoms with Crippen LogP contribution in [0, 0.1) is 0 Å². The fourth-order valence-corrected chi connectivity index (χ4v) is 2.23. The van der Waals surface area contributed by atoms with Gasteiger partial charge < -0.3 is 1.43 Å². The van der Waals surface area contributed by atoms with E-state index in [9.17, 15) is 13.2 Å². The van der Waals surface area contributed by atoms with Crippen molar-refractivity contribution >= 4 is 21.7 Å². The van der Waals surface area contributed by atoms with Crippen molar-refractivity contribution in [3.63, 3.8) is 0 Å². The Morgan fingerprint density at radius 3 is 2.19 bits per heavy atom. The minimum atomic E-state index is -4.36. The van der Waals surface area contributed by atoms with Gasteiger partial charge in [0.25, 0.3) is 16.0 Å². The van der Waals surface area contributed by atoms with Crippen LogP contribution < -0.4 is 40.4 Å². The van der Waals surface area contributed by atoms with Gasteiger partial charge in [-0.25, -0.2) is 0 Å². The Labute approximate surface area is 146 Å². The summed E-state index contributed by atoms with van der Waals surface area (Å²) in [5.41, 5.74) is 5.35. The van der Waals surface area contributed by atoms with Crippen LogP contribution in [0.4, 0.5) is 5.69 Å². The summed E-state index contributed by atoms with van der Waals surface area (Å²) in [7, 11) is -4.36. The molecule has 21 heavy (non-hydrogen) atoms. The molecule has 0 fully saturated rings. The third kappa shape index (κ3) is 4.83. The molecule has 8 heteroatoms. The van der Waals surface area contributed by atoms with E-state index in [4.69, 9.17) is 4.55 Å². The Morgan fingerprint density at radius 1 is 1.00 bits per heavy atom. The smallest absolute Gasteiger partial charge is 1.00 e. The maximum Gasteiger partial charge on any atom is 1.00 e. The average Bonchev–Trinajstić information content (AvgIpc) is 2.45. The van der Waals surface area contributed by atoms with Crippen molar-refractivity contribution in [1.82, 2.24) is 5.43 Å². The Hall–Kier alpha value is -1.38. The molecule has 0 aliphatic carbocycles. The normalized spacial score (nSPS) is 10.3. The van der Waals surface area contributed by atoms with E-state index < -0.39 is 16.0 Å². The second-order valence-corrected chi connectivity index (χ2v) is 5.31. The molecule has 0 saturated heterocycles. The minimum absolute atomic E-state index is 0. The van der Waals surface area contributed by atoms with Crippen LogP contribution in [0.3, 0.4) is 0 Å². The minimum Gasteiger partial charge on any atom is -1.00 e. The van der Waals surface area contributed by atoms with E-state index in [0.717, 1.165) is 0 Å². The van der Waals surface area contributed by atoms with Crippen LogP contribution in [-0.2, 0) is 10.1 Å². The molecule has 0 atom stereocenters. The summed E-state index contributed by atoms with van der Waals surface area (Å²) < 4.78 is 31.4. The van der Waals surface area contributed by atoms with Crippen LogP contribution in [0.15, 0.2) is 59.5 Å². The van der Waals surface area contributed by atoms with Gasteiger partial charge in [0.1, 0.15) is 4.90 Å². The number of anilines is 1. The van der Waals surface area contributed by atoms with Crippen molar-refractivity contribution in [2.45, 2.75) is 4.90 Å². The van der Waals surface area contributed by atoms with Gasteiger partial charge in [0.05, 0.1) is 5.69 Å². The van der Waals surface area contributed by atoms with Gasteiger partial charge in [-0.05, 0) is 24.3 Å². The van der Waals surface area contributed by atoms with E-state index in [1.807, 2.05) is 0 Å². The Bertz CT molecular complexity index is 726. The molecule has 2 aromatic carbocycles. The molecule has 2 aromatic rings. The summed E-state index contributed by atoms with van der Waals surface area (Å²) in [5, 5.41) is 0. The van der Waals surface area contributed by atoms with E-state index in [1.54, 1.807) is 36.4 Å². The second kappa shape index (κ2) is 7.58. The molecule has 0 spiro atoms. The zero-order chi connectivity index (χ0) is 14.6. The maximum absolute atomic E-state index is 11.8. The third-order valence-corrected chi connectivity index (χ3v) is 3.42. The van der Waals surface area contributed by atoms with Crippen molar-refractivity contribution in [2.75, 3.05) is 5.43 Å². The number of rotatable bonds is 4. The summed E-state index contributed by atoms with van der Waals surface area (Å²) in [6, 6.07) is 14.1. The summed E-state index contributed by atoms with van der Waals surface area (Å²) in [5.74, 6) is -0.421. The van der Waals surface area contributed by atoms with Gasteiger partial charge in [0.2, 0.25) is 0 Å². The number of hydrogen-bond acceptors (Lipinski definition) is 4. The Kier molecular flexibility index (Phi) is 6.38. The Balaban J connectivity index is 0.00000220. The molecule has 0 unspecified atom stereocenters. The summed E-state index contributed by atoms with van der Waals surface area (Å²) in [4.78, 5) is 11.5. The van der Waals surface area contributed by atoms with Crippen molar-refractivity contribution in [3.05, 3.63) is 60.2 Å². The molecule has 0 heterocycles. The molecule has 106 valence electrons. The zero-order valence-corrected chi connectivity index (χ0v) is 14.1. The van der Waals surface area contributed by atoms with E-state index in [-0.39, 0.29) is 41.6 Å². The molecule has 0 bridgehead atoms. The SMILES string of the molecule is O=C(NNc1ccccc1S(=O)(=O)O)c1ccccc1.[H-].[Na+]. The maximum atomic E-state index is 11.8. The van der Waals surface area contributed by atoms with E-state index >= 15 is 0 Å². The van der Waals surface area contributed by atoms with Crippen molar-refractivity contribution < 1.29 is 48.7 Å². The van der Waals surface area contributed by atoms with Gasteiger partial charge in [-0.1, -0.05) is 30.3 Å². The van der Waals surface area contributed by atoms with E-state index in [2.05, 4.69) is 10.9 Å². The number of nitrogens with one attached hydrogen (secondary N) is 2. The van der Waals surface area contributed by atoms with Crippen LogP contribution in [0.2, 0.25) is 0 Å². The molecule has 0 aromatic heterocycles. The number of amides is 1. The molecule has 0 saturated carbocycles. The molecule has 2 rings (SSSR count). The van der Waals surface area contributed by atoms with Gasteiger partial charge in [0, 0.05) is 5.56 Å². The summed E-state index contributed by atoms with van der Waals surface area (Å²) >= 11 is 0.